The number of hydrogen-bond acceptors (Lipinski definition) is 0. The van der Waals surface area contributed by atoms with Crippen LogP contribution in [0.25, 0.3) is 16.0 Å². The average molecular weight is 387 g/mol. The molecule has 1 rings (SSSR count). The van der Waals surface area contributed by atoms with Gasteiger partial charge in [0.05, 0.1) is 0 Å². The Morgan fingerprint density at radius 1 is 0.591 bits per heavy atom. The molecule has 0 saturated heterocycles. The molecule has 0 fully saturated rings. The molecule has 0 radical (unpaired) electrons. The molecule has 0 amide bonds. The van der Waals surface area contributed by atoms with Gasteiger partial charge in [-0.2, -0.15) is 57.0 Å². The van der Waals surface area contributed by atoms with Gasteiger partial charge in [0, 0.05) is 0 Å². The molecule has 0 spiro atoms. The van der Waals surface area contributed by atoms with Crippen LogP contribution in [0.2, 0.25) is 0 Å². The van der Waals surface area contributed by atoms with Crippen LogP contribution in [0.3, 0.4) is 0 Å². The van der Waals surface area contributed by atoms with E-state index < -0.39 is 0 Å². The van der Waals surface area contributed by atoms with Crippen molar-refractivity contribution in [3.05, 3.63) is 45.8 Å². The fourth-order valence-corrected chi connectivity index (χ4v) is 1.14. The first kappa shape index (κ1) is 30.0. The summed E-state index contributed by atoms with van der Waals surface area (Å²) in [4.78, 5) is 0. The molecule has 0 aliphatic carbocycles. The van der Waals surface area contributed by atoms with Crippen LogP contribution in [-0.2, 0) is 26.2 Å². The van der Waals surface area contributed by atoms with E-state index in [1.54, 1.807) is 0 Å². The zero-order valence-corrected chi connectivity index (χ0v) is 18.4. The van der Waals surface area contributed by atoms with Gasteiger partial charge in [-0.05, 0) is 0 Å². The molecule has 3 nitrogen and oxygen atoms in total. The maximum Gasteiger partial charge on any atom is 4.00 e. The minimum absolute atomic E-state index is 0. The number of aryl methyl sites for hydroxylation is 1. The summed E-state index contributed by atoms with van der Waals surface area (Å²) in [6.07, 6.45) is 0. The topological polar surface area (TPSA) is 42.3 Å². The summed E-state index contributed by atoms with van der Waals surface area (Å²) >= 11 is 0. The first-order valence-electron chi connectivity index (χ1n) is 8.22. The normalized spacial score (nSPS) is 8.14. The monoisotopic (exact) mass is 385 g/mol. The Balaban J connectivity index is -0.0000000973. The molecule has 0 aliphatic heterocycles. The van der Waals surface area contributed by atoms with Gasteiger partial charge in [-0.3, -0.25) is 0 Å². The van der Waals surface area contributed by atoms with Crippen LogP contribution in [0.5, 0.6) is 0 Å². The van der Waals surface area contributed by atoms with Gasteiger partial charge in [-0.15, -0.1) is 0 Å². The molecule has 4 heteroatoms. The fourth-order valence-electron chi connectivity index (χ4n) is 1.14. The maximum absolute atomic E-state index is 3.97. The summed E-state index contributed by atoms with van der Waals surface area (Å²) in [5.41, 5.74) is 1.34. The summed E-state index contributed by atoms with van der Waals surface area (Å²) in [7, 11) is 0. The van der Waals surface area contributed by atoms with E-state index in [0.717, 1.165) is 39.3 Å². The zero-order chi connectivity index (χ0) is 16.8. The van der Waals surface area contributed by atoms with Crippen LogP contribution in [0.4, 0.5) is 0 Å². The summed E-state index contributed by atoms with van der Waals surface area (Å²) in [5, 5.41) is 11.9. The molecule has 1 aromatic carbocycles. The standard InChI is InChI=1S/C6H7.3C4H10N.Zr/c1-6-4-2-3-5-6;3*1-3-5-4-2;/h2-5H,1H3;3*3-4H2,1-2H3;/q4*-1;+4. The summed E-state index contributed by atoms with van der Waals surface area (Å²) in [5.74, 6) is 0. The van der Waals surface area contributed by atoms with Crippen molar-refractivity contribution < 1.29 is 26.2 Å². The Kier molecular flexibility index (Phi) is 44.9. The van der Waals surface area contributed by atoms with Crippen LogP contribution in [0.1, 0.15) is 47.1 Å². The molecule has 0 aliphatic rings. The van der Waals surface area contributed by atoms with Gasteiger partial charge in [-0.1, -0.05) is 48.5 Å². The molecule has 0 saturated carbocycles. The van der Waals surface area contributed by atoms with Gasteiger partial charge >= 0.3 is 26.2 Å². The molecule has 1 aromatic rings. The van der Waals surface area contributed by atoms with Crippen molar-refractivity contribution >= 4 is 0 Å². The van der Waals surface area contributed by atoms with E-state index in [1.807, 2.05) is 53.7 Å². The largest absolute Gasteiger partial charge is 4.00 e. The molecule has 0 aromatic heterocycles. The summed E-state index contributed by atoms with van der Waals surface area (Å²) in [6, 6.07) is 8.24. The van der Waals surface area contributed by atoms with Crippen molar-refractivity contribution in [2.75, 3.05) is 39.3 Å². The van der Waals surface area contributed by atoms with Gasteiger partial charge in [-0.25, -0.2) is 12.1 Å². The average Bonchev–Trinajstić information content (AvgIpc) is 2.95. The molecular formula is C18H37N3Zr. The van der Waals surface area contributed by atoms with E-state index in [2.05, 4.69) is 35.0 Å². The summed E-state index contributed by atoms with van der Waals surface area (Å²) < 4.78 is 0. The van der Waals surface area contributed by atoms with Crippen molar-refractivity contribution in [2.24, 2.45) is 0 Å². The van der Waals surface area contributed by atoms with E-state index in [0.29, 0.717) is 0 Å². The predicted molar refractivity (Wildman–Crippen MR) is 100 cm³/mol. The van der Waals surface area contributed by atoms with Crippen LogP contribution in [0, 0.1) is 6.92 Å². The maximum atomic E-state index is 3.97. The second-order valence-electron chi connectivity index (χ2n) is 4.03. The number of rotatable bonds is 6. The SMILES string of the molecule is CC[N-]CC.CC[N-]CC.CC[N-]CC.C[c-]1cccc1.[Zr+4]. The third kappa shape index (κ3) is 42.7. The first-order chi connectivity index (χ1) is 10.1. The van der Waals surface area contributed by atoms with Crippen molar-refractivity contribution in [3.8, 4) is 0 Å². The van der Waals surface area contributed by atoms with Crippen molar-refractivity contribution in [2.45, 2.75) is 48.5 Å². The van der Waals surface area contributed by atoms with Crippen molar-refractivity contribution in [3.63, 3.8) is 0 Å². The van der Waals surface area contributed by atoms with E-state index in [9.17, 15) is 0 Å². The Bertz CT molecular complexity index is 206. The Morgan fingerprint density at radius 2 is 0.818 bits per heavy atom. The van der Waals surface area contributed by atoms with Gasteiger partial charge in [0.1, 0.15) is 0 Å². The van der Waals surface area contributed by atoms with E-state index in [-0.39, 0.29) is 26.2 Å². The molecule has 0 unspecified atom stereocenters. The Hall–Kier alpha value is 0.113. The number of nitrogens with zero attached hydrogens (tertiary/aromatic N) is 3. The van der Waals surface area contributed by atoms with E-state index >= 15 is 0 Å². The molecule has 0 N–H and O–H groups in total. The van der Waals surface area contributed by atoms with E-state index in [1.165, 1.54) is 5.56 Å². The second-order valence-corrected chi connectivity index (χ2v) is 4.03. The van der Waals surface area contributed by atoms with Gasteiger partial charge < -0.3 is 16.0 Å². The molecule has 0 atom stereocenters. The predicted octanol–water partition coefficient (Wildman–Crippen LogP) is 5.91. The van der Waals surface area contributed by atoms with Gasteiger partial charge in [0.15, 0.2) is 0 Å². The molecule has 0 heterocycles. The van der Waals surface area contributed by atoms with Gasteiger partial charge in [0.2, 0.25) is 0 Å². The smallest absolute Gasteiger partial charge is 0.663 e. The molecule has 128 valence electrons. The Morgan fingerprint density at radius 3 is 0.864 bits per heavy atom. The number of hydrogen-bond donors (Lipinski definition) is 0. The van der Waals surface area contributed by atoms with Gasteiger partial charge in [0.25, 0.3) is 0 Å². The fraction of sp³-hybridized carbons (Fsp3) is 0.722. The molecule has 0 bridgehead atoms. The van der Waals surface area contributed by atoms with Crippen LogP contribution < -0.4 is 0 Å². The summed E-state index contributed by atoms with van der Waals surface area (Å²) in [6.45, 7) is 20.2. The van der Waals surface area contributed by atoms with Crippen LogP contribution >= 0.6 is 0 Å². The quantitative estimate of drug-likeness (QED) is 0.545. The molecular weight excluding hydrogens is 349 g/mol. The Labute approximate surface area is 159 Å². The van der Waals surface area contributed by atoms with Crippen molar-refractivity contribution in [1.82, 2.24) is 0 Å². The van der Waals surface area contributed by atoms with Crippen LogP contribution in [-0.4, -0.2) is 39.3 Å². The third-order valence-corrected chi connectivity index (χ3v) is 2.17. The third-order valence-electron chi connectivity index (χ3n) is 2.17. The second kappa shape index (κ2) is 32.9. The van der Waals surface area contributed by atoms with Crippen LogP contribution in [0.15, 0.2) is 24.3 Å². The minimum atomic E-state index is 0. The molecule has 22 heavy (non-hydrogen) atoms. The van der Waals surface area contributed by atoms with E-state index in [4.69, 9.17) is 0 Å². The minimum Gasteiger partial charge on any atom is -0.663 e. The zero-order valence-electron chi connectivity index (χ0n) is 15.9. The van der Waals surface area contributed by atoms with Crippen molar-refractivity contribution in [1.29, 1.82) is 0 Å². The first-order valence-corrected chi connectivity index (χ1v) is 8.22.